The number of hydrogen-bond acceptors (Lipinski definition) is 2. The largest absolute Gasteiger partial charge is 0.387 e. The molecule has 0 aliphatic heterocycles. The lowest BCUT2D eigenvalue weighted by molar-refractivity contribution is -0.121. The lowest BCUT2D eigenvalue weighted by Gasteiger charge is -2.12. The second-order valence-corrected chi connectivity index (χ2v) is 5.71. The minimum atomic E-state index is -0.650. The number of hydrogen-bond donors (Lipinski definition) is 2. The monoisotopic (exact) mass is 272 g/mol. The van der Waals surface area contributed by atoms with Gasteiger partial charge in [0.05, 0.1) is 6.10 Å². The molecule has 4 nitrogen and oxygen atoms in total. The second-order valence-electron chi connectivity index (χ2n) is 5.71. The maximum absolute atomic E-state index is 11.6. The molecule has 0 spiro atoms. The van der Waals surface area contributed by atoms with Crippen LogP contribution in [0, 0.1) is 5.92 Å². The number of benzene rings is 1. The summed E-state index contributed by atoms with van der Waals surface area (Å²) in [7, 11) is 2.00. The lowest BCUT2D eigenvalue weighted by atomic mass is 10.1. The van der Waals surface area contributed by atoms with Gasteiger partial charge in [0.1, 0.15) is 0 Å². The number of carbonyl (C=O) groups is 1. The highest BCUT2D eigenvalue weighted by atomic mass is 16.3. The van der Waals surface area contributed by atoms with Crippen molar-refractivity contribution < 1.29 is 9.90 Å². The van der Waals surface area contributed by atoms with E-state index in [2.05, 4.69) is 5.32 Å². The molecule has 2 N–H and O–H groups in total. The normalized spacial score (nSPS) is 16.3. The smallest absolute Gasteiger partial charge is 0.220 e. The molecular formula is C16H20N2O2. The van der Waals surface area contributed by atoms with Crippen molar-refractivity contribution >= 4 is 16.8 Å². The van der Waals surface area contributed by atoms with Crippen molar-refractivity contribution in [3.8, 4) is 0 Å². The van der Waals surface area contributed by atoms with Crippen LogP contribution in [0.3, 0.4) is 0 Å². The Morgan fingerprint density at radius 3 is 3.00 bits per heavy atom. The Hall–Kier alpha value is -1.81. The number of carbonyl (C=O) groups excluding carboxylic acids is 1. The number of rotatable bonds is 5. The number of aromatic nitrogens is 1. The summed E-state index contributed by atoms with van der Waals surface area (Å²) in [6.07, 6.45) is 4.28. The maximum Gasteiger partial charge on any atom is 0.220 e. The van der Waals surface area contributed by atoms with Gasteiger partial charge >= 0.3 is 0 Å². The summed E-state index contributed by atoms with van der Waals surface area (Å²) in [5, 5.41) is 14.1. The van der Waals surface area contributed by atoms with E-state index < -0.39 is 6.10 Å². The Morgan fingerprint density at radius 2 is 2.25 bits per heavy atom. The van der Waals surface area contributed by atoms with Gasteiger partial charge in [-0.1, -0.05) is 6.07 Å². The summed E-state index contributed by atoms with van der Waals surface area (Å²) < 4.78 is 2.04. The Balaban J connectivity index is 1.62. The Kier molecular flexibility index (Phi) is 3.49. The molecule has 0 radical (unpaired) electrons. The van der Waals surface area contributed by atoms with Gasteiger partial charge < -0.3 is 15.0 Å². The Bertz CT molecular complexity index is 628. The number of aliphatic hydroxyl groups excluding tert-OH is 1. The molecule has 1 aliphatic carbocycles. The first-order valence-electron chi connectivity index (χ1n) is 7.13. The van der Waals surface area contributed by atoms with E-state index in [9.17, 15) is 9.90 Å². The summed E-state index contributed by atoms with van der Waals surface area (Å²) >= 11 is 0. The molecule has 20 heavy (non-hydrogen) atoms. The first kappa shape index (κ1) is 13.2. The average molecular weight is 272 g/mol. The van der Waals surface area contributed by atoms with Gasteiger partial charge in [0.15, 0.2) is 0 Å². The summed E-state index contributed by atoms with van der Waals surface area (Å²) in [6.45, 7) is 0.282. The first-order valence-corrected chi connectivity index (χ1v) is 7.13. The van der Waals surface area contributed by atoms with E-state index in [1.54, 1.807) is 0 Å². The van der Waals surface area contributed by atoms with E-state index in [4.69, 9.17) is 0 Å². The maximum atomic E-state index is 11.6. The molecule has 1 heterocycles. The van der Waals surface area contributed by atoms with Crippen LogP contribution in [-0.4, -0.2) is 22.1 Å². The van der Waals surface area contributed by atoms with Crippen LogP contribution in [0.5, 0.6) is 0 Å². The van der Waals surface area contributed by atoms with Gasteiger partial charge in [0, 0.05) is 31.7 Å². The van der Waals surface area contributed by atoms with Gasteiger partial charge in [0.25, 0.3) is 0 Å². The van der Waals surface area contributed by atoms with E-state index in [1.807, 2.05) is 42.1 Å². The fraction of sp³-hybridized carbons (Fsp3) is 0.438. The molecule has 0 unspecified atom stereocenters. The van der Waals surface area contributed by atoms with Gasteiger partial charge in [-0.2, -0.15) is 0 Å². The molecular weight excluding hydrogens is 252 g/mol. The SMILES string of the molecule is Cn1ccc2cc([C@@H](O)CNC(=O)CC3CC3)ccc21. The molecule has 1 atom stereocenters. The topological polar surface area (TPSA) is 54.3 Å². The summed E-state index contributed by atoms with van der Waals surface area (Å²) in [4.78, 5) is 11.6. The van der Waals surface area contributed by atoms with Crippen molar-refractivity contribution in [1.29, 1.82) is 0 Å². The van der Waals surface area contributed by atoms with E-state index >= 15 is 0 Å². The Labute approximate surface area is 118 Å². The van der Waals surface area contributed by atoms with Crippen molar-refractivity contribution in [2.75, 3.05) is 6.54 Å². The number of nitrogens with zero attached hydrogens (tertiary/aromatic N) is 1. The highest BCUT2D eigenvalue weighted by Crippen LogP contribution is 2.32. The number of fused-ring (bicyclic) bond motifs is 1. The zero-order valence-electron chi connectivity index (χ0n) is 11.7. The number of aryl methyl sites for hydroxylation is 1. The zero-order valence-corrected chi connectivity index (χ0v) is 11.7. The molecule has 1 aromatic carbocycles. The molecule has 0 bridgehead atoms. The number of nitrogens with one attached hydrogen (secondary N) is 1. The third-order valence-corrected chi connectivity index (χ3v) is 3.96. The molecule has 1 aliphatic rings. The molecule has 0 saturated heterocycles. The molecule has 1 fully saturated rings. The summed E-state index contributed by atoms with van der Waals surface area (Å²) in [5.41, 5.74) is 1.98. The van der Waals surface area contributed by atoms with Crippen LogP contribution in [0.1, 0.15) is 30.9 Å². The number of amides is 1. The van der Waals surface area contributed by atoms with Crippen LogP contribution in [-0.2, 0) is 11.8 Å². The van der Waals surface area contributed by atoms with Crippen LogP contribution in [0.2, 0.25) is 0 Å². The fourth-order valence-corrected chi connectivity index (χ4v) is 2.49. The lowest BCUT2D eigenvalue weighted by Crippen LogP contribution is -2.28. The van der Waals surface area contributed by atoms with Crippen molar-refractivity contribution in [1.82, 2.24) is 9.88 Å². The van der Waals surface area contributed by atoms with Gasteiger partial charge in [0.2, 0.25) is 5.91 Å². The Morgan fingerprint density at radius 1 is 1.45 bits per heavy atom. The molecule has 1 amide bonds. The van der Waals surface area contributed by atoms with Gasteiger partial charge in [-0.15, -0.1) is 0 Å². The second kappa shape index (κ2) is 5.29. The van der Waals surface area contributed by atoms with Gasteiger partial charge in [-0.25, -0.2) is 0 Å². The summed E-state index contributed by atoms with van der Waals surface area (Å²) in [6, 6.07) is 7.92. The van der Waals surface area contributed by atoms with E-state index in [0.29, 0.717) is 12.3 Å². The highest BCUT2D eigenvalue weighted by Gasteiger charge is 2.24. The molecule has 1 saturated carbocycles. The van der Waals surface area contributed by atoms with E-state index in [-0.39, 0.29) is 12.5 Å². The standard InChI is InChI=1S/C16H20N2O2/c1-18-7-6-12-9-13(4-5-14(12)18)15(19)10-17-16(20)8-11-2-3-11/h4-7,9,11,15,19H,2-3,8,10H2,1H3,(H,17,20)/t15-/m0/s1. The minimum Gasteiger partial charge on any atom is -0.387 e. The number of aliphatic hydroxyl groups is 1. The van der Waals surface area contributed by atoms with Crippen LogP contribution >= 0.6 is 0 Å². The molecule has 106 valence electrons. The van der Waals surface area contributed by atoms with Crippen LogP contribution in [0.4, 0.5) is 0 Å². The van der Waals surface area contributed by atoms with Crippen molar-refractivity contribution in [2.24, 2.45) is 13.0 Å². The van der Waals surface area contributed by atoms with Gasteiger partial charge in [-0.05, 0) is 47.9 Å². The van der Waals surface area contributed by atoms with Gasteiger partial charge in [-0.3, -0.25) is 4.79 Å². The quantitative estimate of drug-likeness (QED) is 0.876. The molecule has 1 aromatic heterocycles. The molecule has 3 rings (SSSR count). The predicted molar refractivity (Wildman–Crippen MR) is 78.2 cm³/mol. The highest BCUT2D eigenvalue weighted by molar-refractivity contribution is 5.81. The third-order valence-electron chi connectivity index (χ3n) is 3.96. The predicted octanol–water partition coefficient (Wildman–Crippen LogP) is 2.13. The molecule has 4 heteroatoms. The van der Waals surface area contributed by atoms with Crippen LogP contribution < -0.4 is 5.32 Å². The first-order chi connectivity index (χ1) is 9.63. The average Bonchev–Trinajstić information content (AvgIpc) is 3.18. The zero-order chi connectivity index (χ0) is 14.1. The van der Waals surface area contributed by atoms with Crippen LogP contribution in [0.15, 0.2) is 30.5 Å². The van der Waals surface area contributed by atoms with E-state index in [1.165, 1.54) is 12.8 Å². The van der Waals surface area contributed by atoms with Crippen LogP contribution in [0.25, 0.3) is 10.9 Å². The molecule has 2 aromatic rings. The van der Waals surface area contributed by atoms with Crippen molar-refractivity contribution in [3.05, 3.63) is 36.0 Å². The van der Waals surface area contributed by atoms with E-state index in [0.717, 1.165) is 16.5 Å². The third kappa shape index (κ3) is 2.85. The van der Waals surface area contributed by atoms with Crippen molar-refractivity contribution in [2.45, 2.75) is 25.4 Å². The fourth-order valence-electron chi connectivity index (χ4n) is 2.49. The van der Waals surface area contributed by atoms with Crippen molar-refractivity contribution in [3.63, 3.8) is 0 Å². The minimum absolute atomic E-state index is 0.0485. The summed E-state index contributed by atoms with van der Waals surface area (Å²) in [5.74, 6) is 0.625.